The maximum Gasteiger partial charge on any atom is 4.00 e. The van der Waals surface area contributed by atoms with Crippen LogP contribution in [0.25, 0.3) is 0 Å². The van der Waals surface area contributed by atoms with Gasteiger partial charge in [-0.05, 0) is 0 Å². The third-order valence-corrected chi connectivity index (χ3v) is 10.0. The molecule has 4 unspecified atom stereocenters. The van der Waals surface area contributed by atoms with Gasteiger partial charge in [0.2, 0.25) is 31.3 Å². The molecule has 0 aromatic rings. The Bertz CT molecular complexity index is 1190. The molecule has 31 nitrogen and oxygen atoms in total. The molecule has 0 spiro atoms. The number of fused-ring (bicyclic) bond motifs is 6. The number of rotatable bonds is 8. The molecule has 7 heterocycles. The fourth-order valence-electron chi connectivity index (χ4n) is 5.09. The summed E-state index contributed by atoms with van der Waals surface area (Å²) < 4.78 is 88.4. The van der Waals surface area contributed by atoms with Crippen LogP contribution in [0.3, 0.4) is 0 Å². The predicted molar refractivity (Wildman–Crippen MR) is 149 cm³/mol. The third kappa shape index (κ3) is 24.0. The van der Waals surface area contributed by atoms with E-state index in [-0.39, 0.29) is 29.5 Å². The van der Waals surface area contributed by atoms with Crippen molar-refractivity contribution in [1.82, 2.24) is 0 Å². The van der Waals surface area contributed by atoms with Crippen molar-refractivity contribution in [1.29, 1.82) is 0 Å². The Hall–Kier alpha value is 1.09. The average Bonchev–Trinajstić information content (AvgIpc) is 2.85. The summed E-state index contributed by atoms with van der Waals surface area (Å²) in [6, 6.07) is 0. The topological polar surface area (TPSA) is 499 Å². The van der Waals surface area contributed by atoms with Gasteiger partial charge in [0.1, 0.15) is 78.5 Å². The minimum atomic E-state index is -6.38. The van der Waals surface area contributed by atoms with Gasteiger partial charge in [0, 0.05) is 0 Å². The van der Waals surface area contributed by atoms with Gasteiger partial charge in [-0.1, -0.05) is 0 Å². The Morgan fingerprint density at radius 1 is 0.519 bits per heavy atom. The van der Waals surface area contributed by atoms with Crippen LogP contribution in [-0.4, -0.2) is 137 Å². The molecule has 7 aliphatic heterocycles. The van der Waals surface area contributed by atoms with E-state index in [2.05, 4.69) is 31.2 Å². The molecular formula is C12H38B2N4O27P6V. The van der Waals surface area contributed by atoms with Crippen molar-refractivity contribution in [2.45, 2.75) is 0 Å². The molecule has 7 rings (SSSR count). The Balaban J connectivity index is 0. The zero-order valence-electron chi connectivity index (χ0n) is 26.2. The monoisotopic (exact) mass is 929 g/mol. The van der Waals surface area contributed by atoms with Crippen LogP contribution >= 0.6 is 46.9 Å². The summed E-state index contributed by atoms with van der Waals surface area (Å²) in [6.07, 6.45) is 0. The zero-order chi connectivity index (χ0) is 37.7. The van der Waals surface area contributed by atoms with Crippen LogP contribution in [-0.2, 0) is 82.6 Å². The molecule has 0 saturated carbocycles. The maximum absolute atomic E-state index is 11.7. The fraction of sp³-hybridized carbons (Fsp3) is 1.00. The Kier molecular flexibility index (Phi) is 22.5. The van der Waals surface area contributed by atoms with Gasteiger partial charge >= 0.3 is 48.1 Å². The van der Waals surface area contributed by atoms with Gasteiger partial charge in [-0.15, -0.1) is 0 Å². The van der Waals surface area contributed by atoms with Crippen LogP contribution in [0.4, 0.5) is 0 Å². The van der Waals surface area contributed by atoms with Gasteiger partial charge in [-0.2, -0.15) is 0 Å². The quantitative estimate of drug-likeness (QED) is 0.0794. The molecule has 0 amide bonds. The molecule has 7 aliphatic rings. The molecule has 7 saturated heterocycles. The standard InChI is InChI=1S/2C6H12N2.B2H9O21P5.H3O4P.H2O.O.V/c2*1-2-8-5-3-7(1)4-6-8;3-24(4,5)18-1(19-25(6,7)8)17-2(20-26(9,10)11,21-27(12,13)14)23-28(15,16)22-1;1-5(2,3)4;;;/h2*1-6H2;(H,15,16)(H2,3,4,5)(H2,6,7,8)(H2,9,10,11)(H2,12,13,14);(H3,1,2,3,4);1H2;;/q;;-2;;;-2;+4. The molecular weight excluding hydrogens is 891 g/mol. The van der Waals surface area contributed by atoms with E-state index in [0.717, 1.165) is 0 Å². The largest absolute Gasteiger partial charge is 4.00 e. The smallest absolute Gasteiger partial charge is 2.00 e. The zero-order valence-corrected chi connectivity index (χ0v) is 33.0. The summed E-state index contributed by atoms with van der Waals surface area (Å²) in [5, 5.41) is 0. The number of hydrogen-bond donors (Lipinski definition) is 12. The van der Waals surface area contributed by atoms with Gasteiger partial charge < -0.3 is 120 Å². The number of hydrogen-bond acceptors (Lipinski definition) is 17. The SMILES string of the molecule is C1C[NH+]2CC[NH+]1CC2.C1C[NH+]2CC[NH+]1CC2.O.O=P(O)(O)O.O=P([O-])(O)O[B-]1(OP(=O)([O-])O)O[B-](OP(=O)([O-])O)(OP(=O)([O-])O)OP(=O)(O)O1.[O-2].[V+4]. The van der Waals surface area contributed by atoms with Gasteiger partial charge in [-0.25, -0.2) is 9.13 Å². The maximum atomic E-state index is 11.7. The van der Waals surface area contributed by atoms with Crippen molar-refractivity contribution >= 4 is 60.9 Å². The molecule has 40 heteroatoms. The molecule has 14 N–H and O–H groups in total. The summed E-state index contributed by atoms with van der Waals surface area (Å²) in [4.78, 5) is 116. The summed E-state index contributed by atoms with van der Waals surface area (Å²) in [6.45, 7) is 5.99. The van der Waals surface area contributed by atoms with Crippen LogP contribution in [0.1, 0.15) is 0 Å². The van der Waals surface area contributed by atoms with Crippen LogP contribution in [0.15, 0.2) is 0 Å². The summed E-state index contributed by atoms with van der Waals surface area (Å²) in [5.41, 5.74) is 0. The first kappa shape index (κ1) is 55.2. The van der Waals surface area contributed by atoms with Crippen molar-refractivity contribution in [3.63, 3.8) is 0 Å². The fourth-order valence-corrected chi connectivity index (χ4v) is 8.32. The van der Waals surface area contributed by atoms with E-state index < -0.39 is 60.9 Å². The number of piperazine rings is 6. The van der Waals surface area contributed by atoms with Gasteiger partial charge in [-0.3, -0.25) is 18.3 Å². The molecule has 0 aromatic heterocycles. The van der Waals surface area contributed by atoms with Crippen molar-refractivity contribution in [3.8, 4) is 0 Å². The minimum absolute atomic E-state index is 0. The minimum Gasteiger partial charge on any atom is -2.00 e. The van der Waals surface area contributed by atoms with Crippen LogP contribution in [0.5, 0.6) is 0 Å². The number of phosphoric acid groups is 6. The summed E-state index contributed by atoms with van der Waals surface area (Å²) in [5.74, 6) is 0. The van der Waals surface area contributed by atoms with E-state index in [1.807, 2.05) is 19.6 Å². The number of nitrogens with one attached hydrogen (secondary N) is 4. The van der Waals surface area contributed by atoms with Gasteiger partial charge in [0.05, 0.1) is 0 Å². The van der Waals surface area contributed by atoms with E-state index in [9.17, 15) is 47.3 Å². The first-order valence-electron chi connectivity index (χ1n) is 13.6. The van der Waals surface area contributed by atoms with E-state index >= 15 is 0 Å². The second-order valence-corrected chi connectivity index (χ2v) is 17.8. The van der Waals surface area contributed by atoms with Crippen molar-refractivity contribution in [3.05, 3.63) is 0 Å². The Morgan fingerprint density at radius 2 is 0.673 bits per heavy atom. The molecule has 4 bridgehead atoms. The third-order valence-electron chi connectivity index (χ3n) is 6.90. The molecule has 1 radical (unpaired) electrons. The molecule has 4 atom stereocenters. The second-order valence-electron chi connectivity index (χ2n) is 10.8. The van der Waals surface area contributed by atoms with Crippen LogP contribution in [0.2, 0.25) is 0 Å². The normalized spacial score (nSPS) is 36.5. The summed E-state index contributed by atoms with van der Waals surface area (Å²) in [7, 11) is -36.4. The molecule has 0 aromatic carbocycles. The Labute approximate surface area is 305 Å². The second kappa shape index (κ2) is 21.2. The van der Waals surface area contributed by atoms with Crippen molar-refractivity contribution in [2.75, 3.05) is 78.5 Å². The van der Waals surface area contributed by atoms with Gasteiger partial charge in [0.25, 0.3) is 0 Å². The van der Waals surface area contributed by atoms with Crippen molar-refractivity contribution in [2.24, 2.45) is 0 Å². The van der Waals surface area contributed by atoms with Crippen molar-refractivity contribution < 1.29 is 166 Å². The average molecular weight is 929 g/mol. The van der Waals surface area contributed by atoms with Gasteiger partial charge in [0.15, 0.2) is 0 Å². The van der Waals surface area contributed by atoms with E-state index in [0.29, 0.717) is 0 Å². The summed E-state index contributed by atoms with van der Waals surface area (Å²) >= 11 is 0. The van der Waals surface area contributed by atoms with Crippen LogP contribution < -0.4 is 39.2 Å². The van der Waals surface area contributed by atoms with E-state index in [1.54, 1.807) is 0 Å². The Morgan fingerprint density at radius 3 is 0.788 bits per heavy atom. The van der Waals surface area contributed by atoms with E-state index in [1.165, 1.54) is 78.5 Å². The van der Waals surface area contributed by atoms with Crippen LogP contribution in [0, 0.1) is 0 Å². The first-order valence-corrected chi connectivity index (χ1v) is 22.7. The number of quaternary nitrogens is 4. The molecule has 7 fully saturated rings. The predicted octanol–water partition coefficient (Wildman–Crippen LogP) is -13.4. The molecule has 0 aliphatic carbocycles. The molecule has 52 heavy (non-hydrogen) atoms. The first-order chi connectivity index (χ1) is 21.8. The van der Waals surface area contributed by atoms with E-state index in [4.69, 9.17) is 38.8 Å². The molecule has 309 valence electrons.